The number of sulfonamides is 1. The van der Waals surface area contributed by atoms with Gasteiger partial charge < -0.3 is 5.32 Å². The summed E-state index contributed by atoms with van der Waals surface area (Å²) in [6, 6.07) is 13.9. The van der Waals surface area contributed by atoms with Crippen LogP contribution in [-0.4, -0.2) is 29.1 Å². The number of hydrogen-bond acceptors (Lipinski definition) is 5. The van der Waals surface area contributed by atoms with E-state index in [9.17, 15) is 21.2 Å². The maximum Gasteiger partial charge on any atom is 0.266 e. The van der Waals surface area contributed by atoms with Crippen molar-refractivity contribution in [3.05, 3.63) is 89.0 Å². The number of anilines is 1. The van der Waals surface area contributed by atoms with E-state index in [1.807, 2.05) is 0 Å². The monoisotopic (exact) mass is 505 g/mol. The summed E-state index contributed by atoms with van der Waals surface area (Å²) in [5.74, 6) is -1.81. The van der Waals surface area contributed by atoms with Gasteiger partial charge in [-0.3, -0.25) is 0 Å². The molecule has 1 atom stereocenters. The third-order valence-corrected chi connectivity index (χ3v) is 7.98. The summed E-state index contributed by atoms with van der Waals surface area (Å²) in [6.45, 7) is 1.68. The largest absolute Gasteiger partial charge is 0.324 e. The first-order valence-corrected chi connectivity index (χ1v) is 13.5. The topological polar surface area (TPSA) is 105 Å². The molecule has 1 aliphatic heterocycles. The zero-order valence-corrected chi connectivity index (χ0v) is 19.8. The molecule has 3 aromatic rings. The molecule has 4 rings (SSSR count). The summed E-state index contributed by atoms with van der Waals surface area (Å²) >= 11 is 0. The van der Waals surface area contributed by atoms with E-state index >= 15 is 4.39 Å². The minimum Gasteiger partial charge on any atom is -0.324 e. The first-order chi connectivity index (χ1) is 16.0. The van der Waals surface area contributed by atoms with Gasteiger partial charge in [-0.25, -0.2) is 35.3 Å². The summed E-state index contributed by atoms with van der Waals surface area (Å²) in [5.41, 5.74) is 1.25. The highest BCUT2D eigenvalue weighted by Gasteiger charge is 2.32. The van der Waals surface area contributed by atoms with Crippen molar-refractivity contribution < 1.29 is 25.6 Å². The van der Waals surface area contributed by atoms with Gasteiger partial charge in [0.2, 0.25) is 5.96 Å². The number of aliphatic imine (C=N–C) groups is 1. The second-order valence-electron chi connectivity index (χ2n) is 7.92. The van der Waals surface area contributed by atoms with Crippen LogP contribution in [0.4, 0.5) is 14.5 Å². The molecule has 34 heavy (non-hydrogen) atoms. The quantitative estimate of drug-likeness (QED) is 0.549. The van der Waals surface area contributed by atoms with Gasteiger partial charge in [0.15, 0.2) is 9.84 Å². The van der Waals surface area contributed by atoms with Crippen LogP contribution >= 0.6 is 0 Å². The Morgan fingerprint density at radius 3 is 2.38 bits per heavy atom. The smallest absolute Gasteiger partial charge is 0.266 e. The average Bonchev–Trinajstić information content (AvgIpc) is 2.76. The van der Waals surface area contributed by atoms with E-state index in [-0.39, 0.29) is 33.5 Å². The standard InChI is InChI=1S/C23H21F2N3O4S2/c1-14(16-6-8-18(9-7-16)33(2,29)30)21-19(25)10-11-20-22(21)27-23(28-34(20,31)32)26-13-15-4-3-5-17(24)12-15/h3-12,14H,13H2,1-2H3,(H2,26,27,28)/t14-/m1/s1. The number of halogens is 2. The van der Waals surface area contributed by atoms with E-state index < -0.39 is 37.4 Å². The highest BCUT2D eigenvalue weighted by Crippen LogP contribution is 2.38. The van der Waals surface area contributed by atoms with Crippen LogP contribution in [0.1, 0.15) is 29.5 Å². The van der Waals surface area contributed by atoms with Crippen LogP contribution in [0.15, 0.2) is 75.4 Å². The van der Waals surface area contributed by atoms with Gasteiger partial charge in [0.1, 0.15) is 16.5 Å². The first-order valence-electron chi connectivity index (χ1n) is 10.2. The SMILES string of the molecule is C[C@H](c1ccc(S(C)(=O)=O)cc1)c1c(F)ccc2c1NC(=NCc1cccc(F)c1)NS2(=O)=O. The summed E-state index contributed by atoms with van der Waals surface area (Å²) in [5, 5.41) is 2.86. The number of sulfone groups is 1. The predicted octanol–water partition coefficient (Wildman–Crippen LogP) is 3.78. The molecule has 0 aromatic heterocycles. The van der Waals surface area contributed by atoms with Gasteiger partial charge >= 0.3 is 0 Å². The molecule has 0 aliphatic carbocycles. The minimum atomic E-state index is -4.05. The Balaban J connectivity index is 1.74. The van der Waals surface area contributed by atoms with Crippen molar-refractivity contribution in [1.29, 1.82) is 0 Å². The van der Waals surface area contributed by atoms with Crippen LogP contribution in [0.5, 0.6) is 0 Å². The fourth-order valence-corrected chi connectivity index (χ4v) is 5.51. The molecule has 11 heteroatoms. The summed E-state index contributed by atoms with van der Waals surface area (Å²) in [7, 11) is -7.45. The van der Waals surface area contributed by atoms with E-state index in [0.29, 0.717) is 11.1 Å². The second-order valence-corrected chi connectivity index (χ2v) is 11.6. The summed E-state index contributed by atoms with van der Waals surface area (Å²) in [4.78, 5) is 4.17. The van der Waals surface area contributed by atoms with Crippen molar-refractivity contribution in [3.63, 3.8) is 0 Å². The lowest BCUT2D eigenvalue weighted by Gasteiger charge is -2.26. The summed E-state index contributed by atoms with van der Waals surface area (Å²) in [6.07, 6.45) is 1.09. The van der Waals surface area contributed by atoms with Crippen LogP contribution in [0.2, 0.25) is 0 Å². The molecule has 1 aliphatic rings. The molecule has 2 N–H and O–H groups in total. The molecule has 0 unspecified atom stereocenters. The molecular weight excluding hydrogens is 484 g/mol. The molecule has 0 saturated carbocycles. The highest BCUT2D eigenvalue weighted by atomic mass is 32.2. The van der Waals surface area contributed by atoms with Gasteiger partial charge in [-0.2, -0.15) is 0 Å². The fraction of sp³-hybridized carbons (Fsp3) is 0.174. The van der Waals surface area contributed by atoms with Crippen LogP contribution in [0.3, 0.4) is 0 Å². The Labute approximate surface area is 196 Å². The van der Waals surface area contributed by atoms with Crippen molar-refractivity contribution in [1.82, 2.24) is 4.72 Å². The number of fused-ring (bicyclic) bond motifs is 1. The Hall–Kier alpha value is -3.31. The number of rotatable bonds is 5. The van der Waals surface area contributed by atoms with E-state index in [4.69, 9.17) is 0 Å². The molecule has 0 amide bonds. The van der Waals surface area contributed by atoms with Crippen LogP contribution in [0.25, 0.3) is 0 Å². The molecule has 0 fully saturated rings. The average molecular weight is 506 g/mol. The molecule has 178 valence electrons. The first kappa shape index (κ1) is 23.8. The normalized spacial score (nSPS) is 16.9. The molecule has 0 spiro atoms. The maximum atomic E-state index is 15.0. The minimum absolute atomic E-state index is 0.00883. The molecule has 0 radical (unpaired) electrons. The Bertz CT molecular complexity index is 1500. The molecule has 3 aromatic carbocycles. The lowest BCUT2D eigenvalue weighted by atomic mass is 9.91. The van der Waals surface area contributed by atoms with Crippen molar-refractivity contribution in [2.45, 2.75) is 29.2 Å². The third kappa shape index (κ3) is 4.80. The Morgan fingerprint density at radius 2 is 1.74 bits per heavy atom. The fourth-order valence-electron chi connectivity index (χ4n) is 3.72. The van der Waals surface area contributed by atoms with Crippen LogP contribution < -0.4 is 10.0 Å². The van der Waals surface area contributed by atoms with Gasteiger partial charge in [-0.05, 0) is 47.5 Å². The van der Waals surface area contributed by atoms with Crippen molar-refractivity contribution in [3.8, 4) is 0 Å². The molecule has 0 saturated heterocycles. The molecular formula is C23H21F2N3O4S2. The molecule has 7 nitrogen and oxygen atoms in total. The van der Waals surface area contributed by atoms with Crippen molar-refractivity contribution in [2.24, 2.45) is 4.99 Å². The number of guanidine groups is 1. The van der Waals surface area contributed by atoms with E-state index in [0.717, 1.165) is 18.4 Å². The number of nitrogens with one attached hydrogen (secondary N) is 2. The zero-order chi connectivity index (χ0) is 24.7. The number of nitrogens with zero attached hydrogens (tertiary/aromatic N) is 1. The second kappa shape index (κ2) is 8.80. The Morgan fingerprint density at radius 1 is 1.03 bits per heavy atom. The van der Waals surface area contributed by atoms with Gasteiger partial charge in [-0.15, -0.1) is 0 Å². The molecule has 0 bridgehead atoms. The maximum absolute atomic E-state index is 15.0. The third-order valence-electron chi connectivity index (χ3n) is 5.47. The van der Waals surface area contributed by atoms with Gasteiger partial charge in [0.25, 0.3) is 10.0 Å². The predicted molar refractivity (Wildman–Crippen MR) is 125 cm³/mol. The van der Waals surface area contributed by atoms with E-state index in [1.165, 1.54) is 30.3 Å². The van der Waals surface area contributed by atoms with Crippen LogP contribution in [0, 0.1) is 11.6 Å². The van der Waals surface area contributed by atoms with Crippen LogP contribution in [-0.2, 0) is 26.4 Å². The summed E-state index contributed by atoms with van der Waals surface area (Å²) < 4.78 is 80.0. The number of hydrogen-bond donors (Lipinski definition) is 2. The van der Waals surface area contributed by atoms with Crippen molar-refractivity contribution in [2.75, 3.05) is 11.6 Å². The lowest BCUT2D eigenvalue weighted by molar-refractivity contribution is 0.586. The van der Waals surface area contributed by atoms with E-state index in [2.05, 4.69) is 15.0 Å². The lowest BCUT2D eigenvalue weighted by Crippen LogP contribution is -2.41. The highest BCUT2D eigenvalue weighted by molar-refractivity contribution is 7.90. The molecule has 1 heterocycles. The zero-order valence-electron chi connectivity index (χ0n) is 18.2. The van der Waals surface area contributed by atoms with Crippen molar-refractivity contribution >= 4 is 31.5 Å². The Kier molecular flexibility index (Phi) is 6.17. The van der Waals surface area contributed by atoms with E-state index in [1.54, 1.807) is 25.1 Å². The van der Waals surface area contributed by atoms with Gasteiger partial charge in [0.05, 0.1) is 17.1 Å². The van der Waals surface area contributed by atoms with Gasteiger partial charge in [0, 0.05) is 17.7 Å². The van der Waals surface area contributed by atoms with Gasteiger partial charge in [-0.1, -0.05) is 31.2 Å². The number of benzene rings is 3.